The lowest BCUT2D eigenvalue weighted by molar-refractivity contribution is -0.274. The number of hydrogen-bond donors (Lipinski definition) is 2. The Kier molecular flexibility index (Phi) is 5.17. The van der Waals surface area contributed by atoms with Crippen LogP contribution in [0.1, 0.15) is 16.8 Å². The van der Waals surface area contributed by atoms with E-state index in [0.717, 1.165) is 27.8 Å². The fraction of sp³-hybridized carbons (Fsp3) is 0.250. The first kappa shape index (κ1) is 20.5. The number of benzene rings is 1. The molecule has 0 atom stereocenters. The summed E-state index contributed by atoms with van der Waals surface area (Å²) in [4.78, 5) is 21.6. The summed E-state index contributed by atoms with van der Waals surface area (Å²) in [5.41, 5.74) is 1.51. The molecular formula is C20H18F3N5O3. The quantitative estimate of drug-likeness (QED) is 0.644. The molecule has 0 fully saturated rings. The molecule has 162 valence electrons. The van der Waals surface area contributed by atoms with E-state index in [2.05, 4.69) is 20.0 Å². The van der Waals surface area contributed by atoms with Gasteiger partial charge in [0.15, 0.2) is 0 Å². The average Bonchev–Trinajstić information content (AvgIpc) is 3.32. The van der Waals surface area contributed by atoms with Crippen molar-refractivity contribution >= 4 is 5.84 Å². The van der Waals surface area contributed by atoms with Crippen LogP contribution in [0.3, 0.4) is 0 Å². The standard InChI is InChI=1S/C20H18F3N5O3/c1-12-18(29)28(14-2-4-15(5-3-14)31-20(21,22)23)19(30)27(12)11-13-6-7-24-10-16(13)17-25-8-9-26-17/h2-7,10,29H,8-9,11H2,1H3,(H,25,26). The maximum Gasteiger partial charge on any atom is 0.573 e. The van der Waals surface area contributed by atoms with Gasteiger partial charge in [-0.3, -0.25) is 14.5 Å². The Bertz CT molecular complexity index is 1200. The van der Waals surface area contributed by atoms with Gasteiger partial charge < -0.3 is 15.2 Å². The number of nitrogens with one attached hydrogen (secondary N) is 1. The molecule has 1 aliphatic rings. The van der Waals surface area contributed by atoms with Crippen molar-refractivity contribution in [1.82, 2.24) is 19.4 Å². The third kappa shape index (κ3) is 4.11. The van der Waals surface area contributed by atoms with Gasteiger partial charge in [-0.15, -0.1) is 13.2 Å². The molecule has 2 aromatic heterocycles. The predicted molar refractivity (Wildman–Crippen MR) is 106 cm³/mol. The van der Waals surface area contributed by atoms with Crippen LogP contribution in [0.25, 0.3) is 5.69 Å². The van der Waals surface area contributed by atoms with Crippen molar-refractivity contribution in [2.75, 3.05) is 13.1 Å². The summed E-state index contributed by atoms with van der Waals surface area (Å²) in [6, 6.07) is 6.45. The first-order valence-electron chi connectivity index (χ1n) is 9.33. The predicted octanol–water partition coefficient (Wildman–Crippen LogP) is 2.34. The number of aromatic hydroxyl groups is 1. The molecule has 3 aromatic rings. The van der Waals surface area contributed by atoms with Crippen LogP contribution in [0, 0.1) is 6.92 Å². The molecule has 1 aliphatic heterocycles. The van der Waals surface area contributed by atoms with E-state index in [1.165, 1.54) is 16.7 Å². The van der Waals surface area contributed by atoms with Crippen LogP contribution in [0.2, 0.25) is 0 Å². The van der Waals surface area contributed by atoms with Gasteiger partial charge in [0, 0.05) is 24.5 Å². The molecule has 11 heteroatoms. The van der Waals surface area contributed by atoms with Gasteiger partial charge in [-0.1, -0.05) is 0 Å². The molecule has 2 N–H and O–H groups in total. The molecule has 4 rings (SSSR count). The molecule has 0 saturated carbocycles. The van der Waals surface area contributed by atoms with Crippen molar-refractivity contribution in [1.29, 1.82) is 0 Å². The Morgan fingerprint density at radius 2 is 1.97 bits per heavy atom. The van der Waals surface area contributed by atoms with Crippen LogP contribution in [-0.4, -0.2) is 44.5 Å². The largest absolute Gasteiger partial charge is 0.573 e. The molecule has 0 unspecified atom stereocenters. The molecule has 31 heavy (non-hydrogen) atoms. The summed E-state index contributed by atoms with van der Waals surface area (Å²) in [5.74, 6) is -0.0367. The zero-order valence-corrected chi connectivity index (χ0v) is 16.3. The number of amidine groups is 1. The molecule has 8 nitrogen and oxygen atoms in total. The fourth-order valence-electron chi connectivity index (χ4n) is 3.38. The van der Waals surface area contributed by atoms with Crippen molar-refractivity contribution in [2.24, 2.45) is 4.99 Å². The van der Waals surface area contributed by atoms with Gasteiger partial charge in [0.25, 0.3) is 0 Å². The lowest BCUT2D eigenvalue weighted by Gasteiger charge is -2.10. The average molecular weight is 433 g/mol. The zero-order valence-electron chi connectivity index (χ0n) is 16.3. The van der Waals surface area contributed by atoms with Gasteiger partial charge >= 0.3 is 12.1 Å². The molecule has 0 radical (unpaired) electrons. The molecular weight excluding hydrogens is 415 g/mol. The monoisotopic (exact) mass is 433 g/mol. The van der Waals surface area contributed by atoms with E-state index < -0.39 is 17.8 Å². The van der Waals surface area contributed by atoms with Crippen LogP contribution < -0.4 is 15.7 Å². The second-order valence-electron chi connectivity index (χ2n) is 6.84. The zero-order chi connectivity index (χ0) is 22.2. The Hall–Kier alpha value is -3.76. The number of nitrogens with zero attached hydrogens (tertiary/aromatic N) is 4. The number of aromatic nitrogens is 3. The highest BCUT2D eigenvalue weighted by Crippen LogP contribution is 2.26. The SMILES string of the molecule is Cc1c(O)n(-c2ccc(OC(F)(F)F)cc2)c(=O)n1Cc1ccncc1C1=NCCN1. The van der Waals surface area contributed by atoms with Crippen molar-refractivity contribution in [2.45, 2.75) is 19.8 Å². The first-order valence-corrected chi connectivity index (χ1v) is 9.33. The van der Waals surface area contributed by atoms with Gasteiger partial charge in [-0.25, -0.2) is 9.36 Å². The number of ether oxygens (including phenoxy) is 1. The van der Waals surface area contributed by atoms with Crippen molar-refractivity contribution in [3.05, 3.63) is 70.0 Å². The number of aliphatic imine (C=N–C) groups is 1. The van der Waals surface area contributed by atoms with Crippen molar-refractivity contribution in [3.63, 3.8) is 0 Å². The Labute approximate surface area is 174 Å². The maximum absolute atomic E-state index is 13.1. The van der Waals surface area contributed by atoms with E-state index in [1.807, 2.05) is 0 Å². The van der Waals surface area contributed by atoms with E-state index in [9.17, 15) is 23.1 Å². The molecule has 0 amide bonds. The van der Waals surface area contributed by atoms with Crippen molar-refractivity contribution < 1.29 is 23.0 Å². The van der Waals surface area contributed by atoms with E-state index in [0.29, 0.717) is 24.6 Å². The number of hydrogen-bond acceptors (Lipinski definition) is 6. The van der Waals surface area contributed by atoms with E-state index in [4.69, 9.17) is 0 Å². The summed E-state index contributed by atoms with van der Waals surface area (Å²) in [7, 11) is 0. The minimum Gasteiger partial charge on any atom is -0.493 e. The third-order valence-corrected chi connectivity index (χ3v) is 4.86. The highest BCUT2D eigenvalue weighted by molar-refractivity contribution is 6.00. The molecule has 3 heterocycles. The summed E-state index contributed by atoms with van der Waals surface area (Å²) >= 11 is 0. The van der Waals surface area contributed by atoms with Gasteiger partial charge in [0.2, 0.25) is 5.88 Å². The normalized spacial score (nSPS) is 13.7. The number of alkyl halides is 3. The van der Waals surface area contributed by atoms with E-state index in [1.54, 1.807) is 25.4 Å². The molecule has 0 spiro atoms. The third-order valence-electron chi connectivity index (χ3n) is 4.86. The second kappa shape index (κ2) is 7.82. The Morgan fingerprint density at radius 3 is 2.61 bits per heavy atom. The summed E-state index contributed by atoms with van der Waals surface area (Å²) in [6.07, 6.45) is -1.56. The number of pyridine rings is 1. The van der Waals surface area contributed by atoms with Gasteiger partial charge in [-0.2, -0.15) is 0 Å². The summed E-state index contributed by atoms with van der Waals surface area (Å²) in [6.45, 7) is 3.10. The van der Waals surface area contributed by atoms with Crippen LogP contribution >= 0.6 is 0 Å². The van der Waals surface area contributed by atoms with E-state index >= 15 is 0 Å². The maximum atomic E-state index is 13.1. The van der Waals surface area contributed by atoms with E-state index in [-0.39, 0.29) is 18.1 Å². The van der Waals surface area contributed by atoms with Gasteiger partial charge in [-0.05, 0) is 42.8 Å². The van der Waals surface area contributed by atoms with Gasteiger partial charge in [0.05, 0.1) is 24.5 Å². The minimum absolute atomic E-state index is 0.152. The Balaban J connectivity index is 1.69. The lowest BCUT2D eigenvalue weighted by Crippen LogP contribution is -2.26. The minimum atomic E-state index is -4.82. The summed E-state index contributed by atoms with van der Waals surface area (Å²) in [5, 5.41) is 13.7. The number of rotatable bonds is 5. The van der Waals surface area contributed by atoms with Gasteiger partial charge in [0.1, 0.15) is 11.6 Å². The highest BCUT2D eigenvalue weighted by atomic mass is 19.4. The highest BCUT2D eigenvalue weighted by Gasteiger charge is 2.31. The molecule has 0 bridgehead atoms. The molecule has 0 aliphatic carbocycles. The number of halogens is 3. The van der Waals surface area contributed by atoms with Crippen molar-refractivity contribution in [3.8, 4) is 17.3 Å². The fourth-order valence-corrected chi connectivity index (χ4v) is 3.38. The topological polar surface area (TPSA) is 93.7 Å². The van der Waals surface area contributed by atoms with Crippen LogP contribution in [0.4, 0.5) is 13.2 Å². The second-order valence-corrected chi connectivity index (χ2v) is 6.84. The van der Waals surface area contributed by atoms with Crippen LogP contribution in [0.5, 0.6) is 11.6 Å². The van der Waals surface area contributed by atoms with Crippen LogP contribution in [0.15, 0.2) is 52.5 Å². The Morgan fingerprint density at radius 1 is 1.23 bits per heavy atom. The molecule has 1 aromatic carbocycles. The smallest absolute Gasteiger partial charge is 0.493 e. The lowest BCUT2D eigenvalue weighted by atomic mass is 10.1. The molecule has 0 saturated heterocycles. The number of imidazole rings is 1. The summed E-state index contributed by atoms with van der Waals surface area (Å²) < 4.78 is 43.3. The first-order chi connectivity index (χ1) is 14.7. The van der Waals surface area contributed by atoms with Crippen LogP contribution in [-0.2, 0) is 6.54 Å².